The summed E-state index contributed by atoms with van der Waals surface area (Å²) in [5.74, 6) is 1.36. The lowest BCUT2D eigenvalue weighted by Gasteiger charge is -2.18. The van der Waals surface area contributed by atoms with Crippen LogP contribution in [0.4, 0.5) is 4.79 Å². The predicted molar refractivity (Wildman–Crippen MR) is 86.7 cm³/mol. The Labute approximate surface area is 136 Å². The van der Waals surface area contributed by atoms with Crippen LogP contribution in [0, 0.1) is 0 Å². The van der Waals surface area contributed by atoms with Crippen molar-refractivity contribution in [2.75, 3.05) is 26.0 Å². The summed E-state index contributed by atoms with van der Waals surface area (Å²) in [5.41, 5.74) is 0.971. The topological polar surface area (TPSA) is 58.6 Å². The number of nitrogens with one attached hydrogen (secondary N) is 1. The molecule has 1 aromatic rings. The lowest BCUT2D eigenvalue weighted by molar-refractivity contribution is -0.122. The number of thioether (sulfide) groups is 1. The van der Waals surface area contributed by atoms with E-state index in [2.05, 4.69) is 21.2 Å². The zero-order chi connectivity index (χ0) is 15.4. The molecular formula is C14H17BrN2O3S. The van der Waals surface area contributed by atoms with Crippen molar-refractivity contribution in [3.63, 3.8) is 0 Å². The highest BCUT2D eigenvalue weighted by atomic mass is 79.9. The monoisotopic (exact) mass is 372 g/mol. The van der Waals surface area contributed by atoms with Crippen molar-refractivity contribution in [1.82, 2.24) is 10.2 Å². The van der Waals surface area contributed by atoms with Gasteiger partial charge in [0.15, 0.2) is 0 Å². The van der Waals surface area contributed by atoms with Crippen LogP contribution < -0.4 is 10.1 Å². The molecule has 0 bridgehead atoms. The molecule has 2 rings (SSSR count). The van der Waals surface area contributed by atoms with Gasteiger partial charge >= 0.3 is 0 Å². The molecule has 0 saturated carbocycles. The van der Waals surface area contributed by atoms with Crippen LogP contribution in [0.15, 0.2) is 22.7 Å². The normalized spacial score (nSPS) is 16.0. The number of halogens is 1. The quantitative estimate of drug-likeness (QED) is 0.863. The fourth-order valence-electron chi connectivity index (χ4n) is 2.07. The number of benzene rings is 1. The third-order valence-corrected chi connectivity index (χ3v) is 4.74. The first-order valence-corrected chi connectivity index (χ1v) is 8.33. The van der Waals surface area contributed by atoms with Crippen LogP contribution in [0.1, 0.15) is 18.5 Å². The van der Waals surface area contributed by atoms with E-state index in [1.54, 1.807) is 12.0 Å². The van der Waals surface area contributed by atoms with E-state index in [1.165, 1.54) is 11.8 Å². The summed E-state index contributed by atoms with van der Waals surface area (Å²) in [6, 6.07) is 5.54. The molecule has 1 aromatic carbocycles. The van der Waals surface area contributed by atoms with Gasteiger partial charge in [0.1, 0.15) is 12.3 Å². The Hall–Kier alpha value is -1.21. The van der Waals surface area contributed by atoms with E-state index in [4.69, 9.17) is 4.74 Å². The molecule has 1 fully saturated rings. The summed E-state index contributed by atoms with van der Waals surface area (Å²) in [6.45, 7) is 2.67. The lowest BCUT2D eigenvalue weighted by atomic mass is 10.1. The van der Waals surface area contributed by atoms with Crippen molar-refractivity contribution in [2.24, 2.45) is 0 Å². The smallest absolute Gasteiger partial charge is 0.282 e. The van der Waals surface area contributed by atoms with E-state index in [9.17, 15) is 9.59 Å². The van der Waals surface area contributed by atoms with Crippen LogP contribution >= 0.6 is 27.7 Å². The average Bonchev–Trinajstić information content (AvgIpc) is 2.84. The molecule has 1 heterocycles. The van der Waals surface area contributed by atoms with E-state index in [0.717, 1.165) is 21.5 Å². The van der Waals surface area contributed by atoms with Gasteiger partial charge in [0.05, 0.1) is 17.6 Å². The van der Waals surface area contributed by atoms with Gasteiger partial charge in [0.25, 0.3) is 5.24 Å². The Balaban J connectivity index is 1.94. The van der Waals surface area contributed by atoms with Crippen LogP contribution in [-0.2, 0) is 4.79 Å². The van der Waals surface area contributed by atoms with Gasteiger partial charge in [-0.2, -0.15) is 0 Å². The number of carbonyl (C=O) groups excluding carboxylic acids is 2. The molecular weight excluding hydrogens is 356 g/mol. The van der Waals surface area contributed by atoms with Crippen LogP contribution in [-0.4, -0.2) is 42.0 Å². The van der Waals surface area contributed by atoms with Crippen LogP contribution in [0.25, 0.3) is 0 Å². The highest BCUT2D eigenvalue weighted by Crippen LogP contribution is 2.28. The molecule has 1 atom stereocenters. The van der Waals surface area contributed by atoms with E-state index >= 15 is 0 Å². The van der Waals surface area contributed by atoms with E-state index in [-0.39, 0.29) is 23.7 Å². The predicted octanol–water partition coefficient (Wildman–Crippen LogP) is 2.80. The molecule has 0 unspecified atom stereocenters. The zero-order valence-electron chi connectivity index (χ0n) is 11.9. The molecule has 1 N–H and O–H groups in total. The summed E-state index contributed by atoms with van der Waals surface area (Å²) in [7, 11) is 1.61. The SMILES string of the molecule is COc1ccc([C@H](C)NC(=O)CN2CCSC2=O)cc1Br. The van der Waals surface area contributed by atoms with Gasteiger partial charge in [-0.25, -0.2) is 0 Å². The maximum Gasteiger partial charge on any atom is 0.282 e. The molecule has 5 nitrogen and oxygen atoms in total. The molecule has 0 radical (unpaired) electrons. The van der Waals surface area contributed by atoms with Crippen LogP contribution in [0.3, 0.4) is 0 Å². The Morgan fingerprint density at radius 1 is 1.57 bits per heavy atom. The highest BCUT2D eigenvalue weighted by Gasteiger charge is 2.23. The molecule has 21 heavy (non-hydrogen) atoms. The zero-order valence-corrected chi connectivity index (χ0v) is 14.3. The number of carbonyl (C=O) groups is 2. The molecule has 2 amide bonds. The Morgan fingerprint density at radius 3 is 2.90 bits per heavy atom. The van der Waals surface area contributed by atoms with E-state index in [1.807, 2.05) is 25.1 Å². The average molecular weight is 373 g/mol. The van der Waals surface area contributed by atoms with Gasteiger partial charge < -0.3 is 15.0 Å². The Morgan fingerprint density at radius 2 is 2.33 bits per heavy atom. The minimum atomic E-state index is -0.148. The van der Waals surface area contributed by atoms with Crippen molar-refractivity contribution >= 4 is 38.8 Å². The molecule has 0 aromatic heterocycles. The third kappa shape index (κ3) is 4.14. The number of hydrogen-bond acceptors (Lipinski definition) is 4. The van der Waals surface area contributed by atoms with Gasteiger partial charge in [-0.05, 0) is 40.5 Å². The summed E-state index contributed by atoms with van der Waals surface area (Å²) >= 11 is 4.68. The number of rotatable bonds is 5. The summed E-state index contributed by atoms with van der Waals surface area (Å²) < 4.78 is 6.02. The summed E-state index contributed by atoms with van der Waals surface area (Å²) in [5, 5.41) is 2.88. The van der Waals surface area contributed by atoms with Crippen LogP contribution in [0.2, 0.25) is 0 Å². The first kappa shape index (κ1) is 16.2. The van der Waals surface area contributed by atoms with Crippen molar-refractivity contribution in [3.05, 3.63) is 28.2 Å². The van der Waals surface area contributed by atoms with Crippen molar-refractivity contribution < 1.29 is 14.3 Å². The third-order valence-electron chi connectivity index (χ3n) is 3.23. The lowest BCUT2D eigenvalue weighted by Crippen LogP contribution is -2.38. The van der Waals surface area contributed by atoms with Gasteiger partial charge in [0.2, 0.25) is 5.91 Å². The van der Waals surface area contributed by atoms with E-state index in [0.29, 0.717) is 6.54 Å². The maximum atomic E-state index is 12.0. The van der Waals surface area contributed by atoms with Gasteiger partial charge in [-0.1, -0.05) is 17.8 Å². The fraction of sp³-hybridized carbons (Fsp3) is 0.429. The molecule has 1 aliphatic heterocycles. The van der Waals surface area contributed by atoms with Crippen molar-refractivity contribution in [1.29, 1.82) is 0 Å². The molecule has 0 aliphatic carbocycles. The molecule has 114 valence electrons. The molecule has 1 saturated heterocycles. The maximum absolute atomic E-state index is 12.0. The largest absolute Gasteiger partial charge is 0.496 e. The standard InChI is InChI=1S/C14H17BrN2O3S/c1-9(10-3-4-12(20-2)11(15)7-10)16-13(18)8-17-5-6-21-14(17)19/h3-4,7,9H,5-6,8H2,1-2H3,(H,16,18)/t9-/m0/s1. The Kier molecular flexibility index (Phi) is 5.52. The number of methoxy groups -OCH3 is 1. The van der Waals surface area contributed by atoms with Gasteiger partial charge in [0, 0.05) is 12.3 Å². The van der Waals surface area contributed by atoms with Crippen molar-refractivity contribution in [2.45, 2.75) is 13.0 Å². The second-order valence-electron chi connectivity index (χ2n) is 4.72. The number of nitrogens with zero attached hydrogens (tertiary/aromatic N) is 1. The molecule has 1 aliphatic rings. The van der Waals surface area contributed by atoms with Gasteiger partial charge in [-0.15, -0.1) is 0 Å². The van der Waals surface area contributed by atoms with Gasteiger partial charge in [-0.3, -0.25) is 9.59 Å². The minimum Gasteiger partial charge on any atom is -0.496 e. The second-order valence-corrected chi connectivity index (χ2v) is 6.62. The highest BCUT2D eigenvalue weighted by molar-refractivity contribution is 9.10. The van der Waals surface area contributed by atoms with Crippen molar-refractivity contribution in [3.8, 4) is 5.75 Å². The molecule has 0 spiro atoms. The first-order chi connectivity index (χ1) is 10.0. The minimum absolute atomic E-state index is 0.0232. The number of amides is 2. The summed E-state index contributed by atoms with van der Waals surface area (Å²) in [4.78, 5) is 25.0. The first-order valence-electron chi connectivity index (χ1n) is 6.55. The number of hydrogen-bond donors (Lipinski definition) is 1. The fourth-order valence-corrected chi connectivity index (χ4v) is 3.45. The van der Waals surface area contributed by atoms with Crippen LogP contribution in [0.5, 0.6) is 5.75 Å². The summed E-state index contributed by atoms with van der Waals surface area (Å²) in [6.07, 6.45) is 0. The Bertz CT molecular complexity index is 553. The van der Waals surface area contributed by atoms with E-state index < -0.39 is 0 Å². The second kappa shape index (κ2) is 7.17. The number of ether oxygens (including phenoxy) is 1. The molecule has 7 heteroatoms.